The monoisotopic (exact) mass is 186 g/mol. The molecule has 0 aromatic heterocycles. The van der Waals surface area contributed by atoms with E-state index < -0.39 is 6.17 Å². The number of nitrogens with one attached hydrogen (secondary N) is 1. The van der Waals surface area contributed by atoms with Crippen LogP contribution in [0.5, 0.6) is 0 Å². The van der Waals surface area contributed by atoms with Crippen molar-refractivity contribution in [1.29, 1.82) is 0 Å². The van der Waals surface area contributed by atoms with Crippen LogP contribution in [0.25, 0.3) is 0 Å². The van der Waals surface area contributed by atoms with Crippen molar-refractivity contribution in [3.05, 3.63) is 0 Å². The van der Waals surface area contributed by atoms with Gasteiger partial charge in [-0.15, -0.1) is 0 Å². The predicted molar refractivity (Wildman–Crippen MR) is 51.6 cm³/mol. The van der Waals surface area contributed by atoms with E-state index in [0.29, 0.717) is 12.6 Å². The minimum atomic E-state index is -0.566. The summed E-state index contributed by atoms with van der Waals surface area (Å²) < 4.78 is 12.9. The molecule has 2 rings (SSSR count). The van der Waals surface area contributed by atoms with Crippen molar-refractivity contribution in [2.75, 3.05) is 26.2 Å². The molecule has 0 radical (unpaired) electrons. The third-order valence-electron chi connectivity index (χ3n) is 3.11. The highest BCUT2D eigenvalue weighted by Crippen LogP contribution is 2.15. The molecule has 2 atom stereocenters. The zero-order valence-electron chi connectivity index (χ0n) is 8.14. The maximum absolute atomic E-state index is 12.9. The zero-order chi connectivity index (χ0) is 9.10. The Morgan fingerprint density at radius 3 is 2.85 bits per heavy atom. The first-order valence-corrected chi connectivity index (χ1v) is 5.44. The van der Waals surface area contributed by atoms with E-state index in [4.69, 9.17) is 0 Å². The van der Waals surface area contributed by atoms with Crippen LogP contribution < -0.4 is 5.32 Å². The molecule has 13 heavy (non-hydrogen) atoms. The first kappa shape index (κ1) is 9.41. The Bertz CT molecular complexity index is 154. The number of hydrogen-bond donors (Lipinski definition) is 1. The largest absolute Gasteiger partial charge is 0.313 e. The van der Waals surface area contributed by atoms with Crippen LogP contribution in [0.2, 0.25) is 0 Å². The molecule has 0 saturated carbocycles. The second-order valence-electron chi connectivity index (χ2n) is 4.29. The fraction of sp³-hybridized carbons (Fsp3) is 1.00. The minimum Gasteiger partial charge on any atom is -0.313 e. The van der Waals surface area contributed by atoms with Crippen LogP contribution in [0, 0.1) is 0 Å². The van der Waals surface area contributed by atoms with Gasteiger partial charge in [-0.2, -0.15) is 0 Å². The molecule has 3 heteroatoms. The topological polar surface area (TPSA) is 15.3 Å². The molecule has 2 unspecified atom stereocenters. The van der Waals surface area contributed by atoms with Gasteiger partial charge in [0.1, 0.15) is 6.17 Å². The summed E-state index contributed by atoms with van der Waals surface area (Å²) in [6.07, 6.45) is 4.09. The maximum atomic E-state index is 12.9. The van der Waals surface area contributed by atoms with Gasteiger partial charge in [-0.1, -0.05) is 6.42 Å². The summed E-state index contributed by atoms with van der Waals surface area (Å²) in [6.45, 7) is 3.83. The van der Waals surface area contributed by atoms with Crippen LogP contribution in [0.15, 0.2) is 0 Å². The average Bonchev–Trinajstić information content (AvgIpc) is 2.53. The molecule has 2 saturated heterocycles. The highest BCUT2D eigenvalue weighted by molar-refractivity contribution is 4.81. The summed E-state index contributed by atoms with van der Waals surface area (Å²) >= 11 is 0. The number of halogens is 1. The lowest BCUT2D eigenvalue weighted by atomic mass is 10.0. The molecule has 0 aliphatic carbocycles. The predicted octanol–water partition coefficient (Wildman–Crippen LogP) is 1.17. The summed E-state index contributed by atoms with van der Waals surface area (Å²) in [6, 6.07) is 0.624. The Hall–Kier alpha value is -0.150. The van der Waals surface area contributed by atoms with Crippen molar-refractivity contribution in [3.8, 4) is 0 Å². The van der Waals surface area contributed by atoms with E-state index in [1.165, 1.54) is 19.3 Å². The molecule has 1 N–H and O–H groups in total. The molecule has 76 valence electrons. The molecule has 2 fully saturated rings. The molecule has 0 amide bonds. The lowest BCUT2D eigenvalue weighted by Gasteiger charge is -2.27. The lowest BCUT2D eigenvalue weighted by Crippen LogP contribution is -2.43. The van der Waals surface area contributed by atoms with Crippen LogP contribution in [0.1, 0.15) is 25.7 Å². The number of nitrogens with zero attached hydrogens (tertiary/aromatic N) is 1. The van der Waals surface area contributed by atoms with Crippen molar-refractivity contribution < 1.29 is 4.39 Å². The molecule has 2 aliphatic heterocycles. The van der Waals surface area contributed by atoms with E-state index in [9.17, 15) is 4.39 Å². The Kier molecular flexibility index (Phi) is 3.17. The van der Waals surface area contributed by atoms with Crippen LogP contribution in [0.4, 0.5) is 4.39 Å². The quantitative estimate of drug-likeness (QED) is 0.696. The highest BCUT2D eigenvalue weighted by atomic mass is 19.1. The van der Waals surface area contributed by atoms with Gasteiger partial charge in [-0.05, 0) is 25.8 Å². The Labute approximate surface area is 79.5 Å². The summed E-state index contributed by atoms with van der Waals surface area (Å²) in [7, 11) is 0. The van der Waals surface area contributed by atoms with Gasteiger partial charge in [-0.3, -0.25) is 4.90 Å². The van der Waals surface area contributed by atoms with Gasteiger partial charge in [0.15, 0.2) is 0 Å². The fourth-order valence-electron chi connectivity index (χ4n) is 2.34. The van der Waals surface area contributed by atoms with Crippen molar-refractivity contribution in [2.45, 2.75) is 37.9 Å². The molecular weight excluding hydrogens is 167 g/mol. The smallest absolute Gasteiger partial charge is 0.114 e. The van der Waals surface area contributed by atoms with Crippen molar-refractivity contribution in [3.63, 3.8) is 0 Å². The summed E-state index contributed by atoms with van der Waals surface area (Å²) in [5.74, 6) is 0. The normalized spacial score (nSPS) is 36.7. The van der Waals surface area contributed by atoms with Gasteiger partial charge in [-0.25, -0.2) is 4.39 Å². The Morgan fingerprint density at radius 2 is 2.23 bits per heavy atom. The average molecular weight is 186 g/mol. The number of hydrogen-bond acceptors (Lipinski definition) is 2. The summed E-state index contributed by atoms with van der Waals surface area (Å²) in [4.78, 5) is 2.26. The standard InChI is InChI=1S/C10H19FN2/c11-9-4-6-13(7-9)8-10-3-1-2-5-12-10/h9-10,12H,1-8H2. The van der Waals surface area contributed by atoms with Gasteiger partial charge in [0.05, 0.1) is 0 Å². The number of likely N-dealkylation sites (tertiary alicyclic amines) is 1. The van der Waals surface area contributed by atoms with Crippen LogP contribution in [-0.2, 0) is 0 Å². The highest BCUT2D eigenvalue weighted by Gasteiger charge is 2.24. The van der Waals surface area contributed by atoms with E-state index in [1.54, 1.807) is 0 Å². The van der Waals surface area contributed by atoms with Crippen LogP contribution >= 0.6 is 0 Å². The Balaban J connectivity index is 1.71. The van der Waals surface area contributed by atoms with Gasteiger partial charge < -0.3 is 5.32 Å². The summed E-state index contributed by atoms with van der Waals surface area (Å²) in [5, 5.41) is 3.50. The SMILES string of the molecule is FC1CCN(CC2CCCCN2)C1. The van der Waals surface area contributed by atoms with Gasteiger partial charge in [0.25, 0.3) is 0 Å². The number of rotatable bonds is 2. The zero-order valence-corrected chi connectivity index (χ0v) is 8.14. The van der Waals surface area contributed by atoms with Gasteiger partial charge in [0.2, 0.25) is 0 Å². The molecule has 0 spiro atoms. The first-order chi connectivity index (χ1) is 6.34. The van der Waals surface area contributed by atoms with Crippen LogP contribution in [0.3, 0.4) is 0 Å². The third-order valence-corrected chi connectivity index (χ3v) is 3.11. The molecule has 2 nitrogen and oxygen atoms in total. The number of alkyl halides is 1. The lowest BCUT2D eigenvalue weighted by molar-refractivity contribution is 0.243. The molecule has 0 aromatic rings. The molecule has 0 aromatic carbocycles. The van der Waals surface area contributed by atoms with E-state index in [1.807, 2.05) is 0 Å². The van der Waals surface area contributed by atoms with Gasteiger partial charge >= 0.3 is 0 Å². The van der Waals surface area contributed by atoms with Crippen LogP contribution in [-0.4, -0.2) is 43.3 Å². The Morgan fingerprint density at radius 1 is 1.31 bits per heavy atom. The maximum Gasteiger partial charge on any atom is 0.114 e. The van der Waals surface area contributed by atoms with Crippen molar-refractivity contribution in [1.82, 2.24) is 10.2 Å². The van der Waals surface area contributed by atoms with E-state index in [2.05, 4.69) is 10.2 Å². The molecular formula is C10H19FN2. The summed E-state index contributed by atoms with van der Waals surface area (Å²) in [5.41, 5.74) is 0. The first-order valence-electron chi connectivity index (χ1n) is 5.44. The number of piperidine rings is 1. The van der Waals surface area contributed by atoms with E-state index in [0.717, 1.165) is 26.1 Å². The van der Waals surface area contributed by atoms with Crippen molar-refractivity contribution >= 4 is 0 Å². The van der Waals surface area contributed by atoms with E-state index >= 15 is 0 Å². The molecule has 2 heterocycles. The molecule has 2 aliphatic rings. The fourth-order valence-corrected chi connectivity index (χ4v) is 2.34. The third kappa shape index (κ3) is 2.64. The second kappa shape index (κ2) is 4.38. The second-order valence-corrected chi connectivity index (χ2v) is 4.29. The van der Waals surface area contributed by atoms with Crippen molar-refractivity contribution in [2.24, 2.45) is 0 Å². The molecule has 0 bridgehead atoms. The van der Waals surface area contributed by atoms with E-state index in [-0.39, 0.29) is 0 Å². The van der Waals surface area contributed by atoms with Gasteiger partial charge in [0, 0.05) is 25.7 Å². The minimum absolute atomic E-state index is 0.566.